The smallest absolute Gasteiger partial charge is 0.413 e. The van der Waals surface area contributed by atoms with Crippen LogP contribution < -0.4 is 0 Å². The fraction of sp³-hybridized carbons (Fsp3) is 0.692. The maximum Gasteiger partial charge on any atom is 0.413 e. The summed E-state index contributed by atoms with van der Waals surface area (Å²) in [6.07, 6.45) is 12.0. The Kier molecular flexibility index (Phi) is 11.6. The van der Waals surface area contributed by atoms with Crippen LogP contribution >= 0.6 is 0 Å². The lowest BCUT2D eigenvalue weighted by Gasteiger charge is -2.01. The number of carbonyl (C=O) groups excluding carboxylic acids is 1. The summed E-state index contributed by atoms with van der Waals surface area (Å²) in [6, 6.07) is 0. The van der Waals surface area contributed by atoms with Gasteiger partial charge in [0.2, 0.25) is 0 Å². The first-order valence-corrected chi connectivity index (χ1v) is 6.26. The molecule has 0 unspecified atom stereocenters. The molecule has 4 heteroatoms. The van der Waals surface area contributed by atoms with E-state index in [0.29, 0.717) is 6.61 Å². The zero-order chi connectivity index (χ0) is 12.8. The molecule has 0 saturated heterocycles. The van der Waals surface area contributed by atoms with E-state index in [1.54, 1.807) is 0 Å². The van der Waals surface area contributed by atoms with Gasteiger partial charge in [-0.1, -0.05) is 38.2 Å². The minimum Gasteiger partial charge on any atom is -0.457 e. The summed E-state index contributed by atoms with van der Waals surface area (Å²) in [5.41, 5.74) is 8.06. The van der Waals surface area contributed by atoms with E-state index in [4.69, 9.17) is 10.3 Å². The first-order valence-electron chi connectivity index (χ1n) is 6.26. The van der Waals surface area contributed by atoms with Gasteiger partial charge in [-0.05, 0) is 19.3 Å². The number of unbranched alkanes of at least 4 members (excludes halogenated alkanes) is 7. The van der Waals surface area contributed by atoms with Gasteiger partial charge in [0.15, 0.2) is 0 Å². The van der Waals surface area contributed by atoms with Crippen LogP contribution in [0, 0.1) is 0 Å². The van der Waals surface area contributed by atoms with Crippen molar-refractivity contribution in [3.05, 3.63) is 18.2 Å². The highest BCUT2D eigenvalue weighted by atomic mass is 16.5. The molecule has 0 aliphatic carbocycles. The molecule has 0 N–H and O–H groups in total. The third-order valence-electron chi connectivity index (χ3n) is 2.46. The van der Waals surface area contributed by atoms with Gasteiger partial charge >= 0.3 is 12.2 Å². The van der Waals surface area contributed by atoms with E-state index in [0.717, 1.165) is 25.5 Å². The van der Waals surface area contributed by atoms with Crippen molar-refractivity contribution in [3.8, 4) is 0 Å². The standard InChI is InChI=1S/C13H22N2O2/c1-2-3-4-5-6-7-8-9-10-11-17-13(16)12-15-14/h2,12H,1,3-11H2. The monoisotopic (exact) mass is 238 g/mol. The molecule has 0 atom stereocenters. The van der Waals surface area contributed by atoms with Crippen LogP contribution in [0.5, 0.6) is 0 Å². The van der Waals surface area contributed by atoms with E-state index in [9.17, 15) is 4.79 Å². The van der Waals surface area contributed by atoms with Gasteiger partial charge in [-0.25, -0.2) is 4.79 Å². The van der Waals surface area contributed by atoms with Gasteiger partial charge in [-0.2, -0.15) is 4.79 Å². The van der Waals surface area contributed by atoms with Crippen LogP contribution in [-0.2, 0) is 9.53 Å². The lowest BCUT2D eigenvalue weighted by Crippen LogP contribution is -2.07. The SMILES string of the molecule is C=CCCCCCCCCCOC(=O)C=[N+]=[N-]. The highest BCUT2D eigenvalue weighted by molar-refractivity contribution is 6.20. The summed E-state index contributed by atoms with van der Waals surface area (Å²) >= 11 is 0. The second-order valence-corrected chi connectivity index (χ2v) is 3.96. The second kappa shape index (κ2) is 12.7. The Morgan fingerprint density at radius 1 is 1.12 bits per heavy atom. The van der Waals surface area contributed by atoms with Gasteiger partial charge in [0, 0.05) is 0 Å². The summed E-state index contributed by atoms with van der Waals surface area (Å²) in [7, 11) is 0. The molecule has 0 fully saturated rings. The molecule has 0 aromatic rings. The molecule has 0 spiro atoms. The molecule has 0 saturated carbocycles. The van der Waals surface area contributed by atoms with Crippen LogP contribution in [0.15, 0.2) is 12.7 Å². The molecule has 0 radical (unpaired) electrons. The summed E-state index contributed by atoms with van der Waals surface area (Å²) in [5.74, 6) is -0.586. The first-order chi connectivity index (χ1) is 8.31. The van der Waals surface area contributed by atoms with Crippen molar-refractivity contribution in [3.63, 3.8) is 0 Å². The fourth-order valence-electron chi connectivity index (χ4n) is 1.53. The van der Waals surface area contributed by atoms with Crippen molar-refractivity contribution >= 4 is 12.2 Å². The molecular weight excluding hydrogens is 216 g/mol. The number of carbonyl (C=O) groups is 1. The quantitative estimate of drug-likeness (QED) is 0.139. The molecule has 96 valence electrons. The van der Waals surface area contributed by atoms with E-state index in [2.05, 4.69) is 11.4 Å². The molecular formula is C13H22N2O2. The average molecular weight is 238 g/mol. The van der Waals surface area contributed by atoms with Gasteiger partial charge in [0.1, 0.15) is 0 Å². The van der Waals surface area contributed by atoms with Crippen molar-refractivity contribution in [2.24, 2.45) is 0 Å². The number of hydrogen-bond donors (Lipinski definition) is 0. The molecule has 0 amide bonds. The Morgan fingerprint density at radius 2 is 1.71 bits per heavy atom. The predicted molar refractivity (Wildman–Crippen MR) is 67.8 cm³/mol. The summed E-state index contributed by atoms with van der Waals surface area (Å²) < 4.78 is 4.78. The minimum absolute atomic E-state index is 0.404. The number of allylic oxidation sites excluding steroid dienone is 1. The Hall–Kier alpha value is -1.41. The predicted octanol–water partition coefficient (Wildman–Crippen LogP) is 3.14. The Bertz CT molecular complexity index is 258. The van der Waals surface area contributed by atoms with Gasteiger partial charge in [-0.15, -0.1) is 6.58 Å². The molecule has 0 heterocycles. The van der Waals surface area contributed by atoms with Crippen LogP contribution in [0.3, 0.4) is 0 Å². The highest BCUT2D eigenvalue weighted by Crippen LogP contribution is 2.08. The van der Waals surface area contributed by atoms with Crippen molar-refractivity contribution in [2.75, 3.05) is 6.61 Å². The topological polar surface area (TPSA) is 62.7 Å². The van der Waals surface area contributed by atoms with Crippen LogP contribution in [0.2, 0.25) is 0 Å². The van der Waals surface area contributed by atoms with E-state index < -0.39 is 5.97 Å². The first kappa shape index (κ1) is 15.6. The maximum absolute atomic E-state index is 10.7. The number of rotatable bonds is 11. The van der Waals surface area contributed by atoms with Crippen molar-refractivity contribution in [1.29, 1.82) is 0 Å². The van der Waals surface area contributed by atoms with Crippen molar-refractivity contribution < 1.29 is 14.3 Å². The van der Waals surface area contributed by atoms with Crippen molar-refractivity contribution in [2.45, 2.75) is 51.4 Å². The average Bonchev–Trinajstić information content (AvgIpc) is 2.32. The maximum atomic E-state index is 10.7. The Morgan fingerprint density at radius 3 is 2.29 bits per heavy atom. The number of esters is 1. The molecule has 0 rings (SSSR count). The van der Waals surface area contributed by atoms with Crippen LogP contribution in [0.1, 0.15) is 51.4 Å². The lowest BCUT2D eigenvalue weighted by atomic mass is 10.1. The fourth-order valence-corrected chi connectivity index (χ4v) is 1.53. The molecule has 0 bridgehead atoms. The third kappa shape index (κ3) is 12.5. The number of hydrogen-bond acceptors (Lipinski definition) is 2. The molecule has 4 nitrogen and oxygen atoms in total. The van der Waals surface area contributed by atoms with Crippen molar-refractivity contribution in [1.82, 2.24) is 0 Å². The van der Waals surface area contributed by atoms with Crippen LogP contribution in [-0.4, -0.2) is 23.6 Å². The summed E-state index contributed by atoms with van der Waals surface area (Å²) in [5, 5.41) is 0. The van der Waals surface area contributed by atoms with Gasteiger partial charge in [-0.3, -0.25) is 0 Å². The number of ether oxygens (including phenoxy) is 1. The van der Waals surface area contributed by atoms with Crippen LogP contribution in [0.25, 0.3) is 5.53 Å². The van der Waals surface area contributed by atoms with Crippen LogP contribution in [0.4, 0.5) is 0 Å². The van der Waals surface area contributed by atoms with E-state index >= 15 is 0 Å². The van der Waals surface area contributed by atoms with E-state index in [1.807, 2.05) is 6.08 Å². The van der Waals surface area contributed by atoms with E-state index in [-0.39, 0.29) is 0 Å². The molecule has 0 aromatic carbocycles. The zero-order valence-corrected chi connectivity index (χ0v) is 10.4. The molecule has 0 aliphatic heterocycles. The normalized spacial score (nSPS) is 9.41. The highest BCUT2D eigenvalue weighted by Gasteiger charge is 2.01. The Labute approximate surface area is 103 Å². The zero-order valence-electron chi connectivity index (χ0n) is 10.4. The third-order valence-corrected chi connectivity index (χ3v) is 2.46. The molecule has 17 heavy (non-hydrogen) atoms. The van der Waals surface area contributed by atoms with E-state index in [1.165, 1.54) is 32.1 Å². The largest absolute Gasteiger partial charge is 0.457 e. The molecule has 0 aliphatic rings. The number of nitrogens with zero attached hydrogens (tertiary/aromatic N) is 2. The minimum atomic E-state index is -0.586. The summed E-state index contributed by atoms with van der Waals surface area (Å²) in [6.45, 7) is 4.09. The molecule has 0 aromatic heterocycles. The lowest BCUT2D eigenvalue weighted by molar-refractivity contribution is -0.139. The second-order valence-electron chi connectivity index (χ2n) is 3.96. The van der Waals surface area contributed by atoms with Gasteiger partial charge in [0.25, 0.3) is 0 Å². The summed E-state index contributed by atoms with van der Waals surface area (Å²) in [4.78, 5) is 13.3. The van der Waals surface area contributed by atoms with Gasteiger partial charge in [0.05, 0.1) is 6.61 Å². The Balaban J connectivity index is 3.10. The van der Waals surface area contributed by atoms with Gasteiger partial charge < -0.3 is 10.3 Å².